The maximum absolute atomic E-state index is 13.5. The molecule has 1 N–H and O–H groups in total. The number of hydrogen-bond donors (Lipinski definition) is 1. The minimum Gasteiger partial charge on any atom is -0.349 e. The van der Waals surface area contributed by atoms with Crippen molar-refractivity contribution in [3.8, 4) is 0 Å². The minimum absolute atomic E-state index is 0.0258. The molecule has 158 valence electrons. The number of halogens is 2. The molecular formula is C21H24F2N6O. The Morgan fingerprint density at radius 1 is 1.23 bits per heavy atom. The Kier molecular flexibility index (Phi) is 3.85. The van der Waals surface area contributed by atoms with Gasteiger partial charge >= 0.3 is 0 Å². The van der Waals surface area contributed by atoms with Gasteiger partial charge in [0.2, 0.25) is 0 Å². The fourth-order valence-corrected chi connectivity index (χ4v) is 5.28. The number of amides is 1. The number of dihydropyridines is 1. The standard InChI is InChI=1S/C21H24F2N6O/c22-21(23)2-5-27(6-3-21)20(30)13-7-17-16-8-14(16)11-29(19(17)24-10-13)15-1-4-28-12-25-26-18(28)9-15/h1,4,7,9-10,12,14,16-19,26H,2-3,5-6,8,11H2. The summed E-state index contributed by atoms with van der Waals surface area (Å²) in [5.41, 5.74) is 4.75. The summed E-state index contributed by atoms with van der Waals surface area (Å²) in [7, 11) is 0. The van der Waals surface area contributed by atoms with Crippen LogP contribution in [0.25, 0.3) is 0 Å². The van der Waals surface area contributed by atoms with Gasteiger partial charge in [-0.05, 0) is 30.4 Å². The summed E-state index contributed by atoms with van der Waals surface area (Å²) in [5.74, 6) is -1.48. The summed E-state index contributed by atoms with van der Waals surface area (Å²) in [5, 5.41) is 4.10. The van der Waals surface area contributed by atoms with Crippen LogP contribution in [0, 0.1) is 17.8 Å². The van der Waals surface area contributed by atoms with E-state index in [0.717, 1.165) is 18.7 Å². The lowest BCUT2D eigenvalue weighted by Gasteiger charge is -2.42. The molecule has 6 aliphatic rings. The number of hydrogen-bond acceptors (Lipinski definition) is 6. The van der Waals surface area contributed by atoms with E-state index in [4.69, 9.17) is 4.99 Å². The smallest absolute Gasteiger partial charge is 0.255 e. The first kappa shape index (κ1) is 18.1. The number of piperidine rings is 2. The number of rotatable bonds is 2. The monoisotopic (exact) mass is 414 g/mol. The van der Waals surface area contributed by atoms with Gasteiger partial charge in [0.25, 0.3) is 11.8 Å². The van der Waals surface area contributed by atoms with Crippen LogP contribution in [0.5, 0.6) is 0 Å². The molecule has 7 nitrogen and oxygen atoms in total. The number of likely N-dealkylation sites (tertiary alicyclic amines) is 2. The van der Waals surface area contributed by atoms with Crippen LogP contribution in [0.4, 0.5) is 8.78 Å². The molecule has 5 atom stereocenters. The molecule has 9 heteroatoms. The molecule has 5 unspecified atom stereocenters. The lowest BCUT2D eigenvalue weighted by molar-refractivity contribution is -0.132. The highest BCUT2D eigenvalue weighted by atomic mass is 19.3. The van der Waals surface area contributed by atoms with Crippen molar-refractivity contribution in [1.29, 1.82) is 0 Å². The lowest BCUT2D eigenvalue weighted by Crippen LogP contribution is -2.48. The fourth-order valence-electron chi connectivity index (χ4n) is 5.28. The molecule has 1 saturated carbocycles. The van der Waals surface area contributed by atoms with Crippen molar-refractivity contribution in [2.75, 3.05) is 19.6 Å². The maximum atomic E-state index is 13.5. The van der Waals surface area contributed by atoms with E-state index in [-0.39, 0.29) is 50.1 Å². The Balaban J connectivity index is 1.21. The molecule has 0 spiro atoms. The van der Waals surface area contributed by atoms with Crippen molar-refractivity contribution in [3.05, 3.63) is 35.7 Å². The van der Waals surface area contributed by atoms with Gasteiger partial charge in [0.05, 0.1) is 5.57 Å². The van der Waals surface area contributed by atoms with Crippen LogP contribution in [-0.2, 0) is 4.79 Å². The van der Waals surface area contributed by atoms with Crippen LogP contribution in [0.3, 0.4) is 0 Å². The average molecular weight is 414 g/mol. The number of nitrogens with one attached hydrogen (secondary N) is 1. The lowest BCUT2D eigenvalue weighted by atomic mass is 9.88. The van der Waals surface area contributed by atoms with Crippen molar-refractivity contribution in [2.45, 2.75) is 37.5 Å². The third-order valence-corrected chi connectivity index (χ3v) is 7.13. The SMILES string of the molecule is O=C(C1=CC2C3CC3CN(C3=CC4NN=CN4C=C3)C2N=C1)N1CCC(F)(F)CC1. The quantitative estimate of drug-likeness (QED) is 0.748. The van der Waals surface area contributed by atoms with Gasteiger partial charge in [-0.3, -0.25) is 15.2 Å². The number of hydrazone groups is 1. The Bertz CT molecular complexity index is 914. The Hall–Kier alpha value is -2.71. The van der Waals surface area contributed by atoms with E-state index in [9.17, 15) is 13.6 Å². The van der Waals surface area contributed by atoms with Gasteiger partial charge in [-0.2, -0.15) is 5.10 Å². The number of aliphatic imine (C=N–C) groups is 1. The van der Waals surface area contributed by atoms with Crippen molar-refractivity contribution in [1.82, 2.24) is 20.1 Å². The second kappa shape index (κ2) is 6.39. The largest absolute Gasteiger partial charge is 0.349 e. The van der Waals surface area contributed by atoms with Crippen molar-refractivity contribution >= 4 is 18.5 Å². The van der Waals surface area contributed by atoms with E-state index < -0.39 is 5.92 Å². The summed E-state index contributed by atoms with van der Waals surface area (Å²) in [6, 6.07) is 0. The highest BCUT2D eigenvalue weighted by Crippen LogP contribution is 2.53. The van der Waals surface area contributed by atoms with Crippen LogP contribution in [0.15, 0.2) is 45.8 Å². The molecule has 3 fully saturated rings. The Labute approximate surface area is 173 Å². The van der Waals surface area contributed by atoms with E-state index in [1.165, 1.54) is 0 Å². The predicted molar refractivity (Wildman–Crippen MR) is 107 cm³/mol. The molecule has 6 rings (SSSR count). The van der Waals surface area contributed by atoms with Gasteiger partial charge in [-0.25, -0.2) is 8.78 Å². The number of fused-ring (bicyclic) bond motifs is 4. The molecule has 1 amide bonds. The molecule has 0 aromatic rings. The first-order chi connectivity index (χ1) is 14.5. The van der Waals surface area contributed by atoms with Gasteiger partial charge in [0.1, 0.15) is 18.7 Å². The Morgan fingerprint density at radius 3 is 2.90 bits per heavy atom. The summed E-state index contributed by atoms with van der Waals surface area (Å²) in [6.07, 6.45) is 12.4. The van der Waals surface area contributed by atoms with Crippen molar-refractivity contribution in [2.24, 2.45) is 27.8 Å². The second-order valence-corrected chi connectivity index (χ2v) is 9.02. The van der Waals surface area contributed by atoms with E-state index in [2.05, 4.69) is 33.7 Å². The number of alkyl halides is 2. The van der Waals surface area contributed by atoms with Crippen LogP contribution >= 0.6 is 0 Å². The summed E-state index contributed by atoms with van der Waals surface area (Å²) < 4.78 is 26.9. The first-order valence-corrected chi connectivity index (χ1v) is 10.6. The third kappa shape index (κ3) is 2.94. The number of carbonyl (C=O) groups excluding carboxylic acids is 1. The molecule has 0 aromatic heterocycles. The molecule has 0 bridgehead atoms. The van der Waals surface area contributed by atoms with Gasteiger partial charge < -0.3 is 14.7 Å². The van der Waals surface area contributed by atoms with Crippen LogP contribution < -0.4 is 5.43 Å². The molecule has 30 heavy (non-hydrogen) atoms. The fraction of sp³-hybridized carbons (Fsp3) is 0.571. The number of nitrogens with zero attached hydrogens (tertiary/aromatic N) is 5. The van der Waals surface area contributed by atoms with Gasteiger partial charge in [-0.1, -0.05) is 6.08 Å². The van der Waals surface area contributed by atoms with Gasteiger partial charge in [-0.15, -0.1) is 0 Å². The van der Waals surface area contributed by atoms with E-state index in [1.807, 2.05) is 11.1 Å². The van der Waals surface area contributed by atoms with Crippen molar-refractivity contribution in [3.63, 3.8) is 0 Å². The third-order valence-electron chi connectivity index (χ3n) is 7.13. The highest BCUT2D eigenvalue weighted by Gasteiger charge is 2.53. The van der Waals surface area contributed by atoms with Crippen LogP contribution in [0.1, 0.15) is 19.3 Å². The highest BCUT2D eigenvalue weighted by molar-refractivity contribution is 6.12. The molecular weight excluding hydrogens is 390 g/mol. The normalized spacial score (nSPS) is 37.7. The molecule has 0 radical (unpaired) electrons. The second-order valence-electron chi connectivity index (χ2n) is 9.02. The average Bonchev–Trinajstić information content (AvgIpc) is 3.39. The minimum atomic E-state index is -2.65. The summed E-state index contributed by atoms with van der Waals surface area (Å²) in [6.45, 7) is 1.17. The molecule has 2 saturated heterocycles. The number of allylic oxidation sites excluding steroid dienone is 1. The van der Waals surface area contributed by atoms with Crippen LogP contribution in [-0.4, -0.2) is 71.0 Å². The van der Waals surface area contributed by atoms with Gasteiger partial charge in [0, 0.05) is 56.5 Å². The topological polar surface area (TPSA) is 63.5 Å². The van der Waals surface area contributed by atoms with E-state index >= 15 is 0 Å². The Morgan fingerprint density at radius 2 is 2.07 bits per heavy atom. The van der Waals surface area contributed by atoms with Gasteiger partial charge in [0.15, 0.2) is 0 Å². The summed E-state index contributed by atoms with van der Waals surface area (Å²) in [4.78, 5) is 23.6. The summed E-state index contributed by atoms with van der Waals surface area (Å²) >= 11 is 0. The van der Waals surface area contributed by atoms with E-state index in [0.29, 0.717) is 17.4 Å². The van der Waals surface area contributed by atoms with Crippen LogP contribution in [0.2, 0.25) is 0 Å². The molecule has 5 heterocycles. The number of carbonyl (C=O) groups is 1. The zero-order chi connectivity index (χ0) is 20.5. The zero-order valence-electron chi connectivity index (χ0n) is 16.5. The van der Waals surface area contributed by atoms with E-state index in [1.54, 1.807) is 17.5 Å². The first-order valence-electron chi connectivity index (χ1n) is 10.6. The molecule has 1 aliphatic carbocycles. The maximum Gasteiger partial charge on any atom is 0.255 e. The predicted octanol–water partition coefficient (Wildman–Crippen LogP) is 1.73. The van der Waals surface area contributed by atoms with Crippen molar-refractivity contribution < 1.29 is 13.6 Å². The zero-order valence-corrected chi connectivity index (χ0v) is 16.5. The molecule has 5 aliphatic heterocycles. The molecule has 0 aromatic carbocycles.